The molecular formula is C16H24O6P+. The van der Waals surface area contributed by atoms with E-state index in [9.17, 15) is 9.36 Å². The van der Waals surface area contributed by atoms with E-state index in [4.69, 9.17) is 18.5 Å². The SMILES string of the molecule is CCCCC(O[P+](=O)OCC)C(=O)c1c(OC)cccc1OC. The van der Waals surface area contributed by atoms with Gasteiger partial charge in [-0.05, 0) is 25.5 Å². The van der Waals surface area contributed by atoms with Crippen molar-refractivity contribution in [3.05, 3.63) is 23.8 Å². The van der Waals surface area contributed by atoms with Crippen molar-refractivity contribution in [2.45, 2.75) is 39.2 Å². The van der Waals surface area contributed by atoms with Gasteiger partial charge < -0.3 is 9.47 Å². The summed E-state index contributed by atoms with van der Waals surface area (Å²) in [5, 5.41) is 0. The molecule has 2 unspecified atom stereocenters. The van der Waals surface area contributed by atoms with E-state index < -0.39 is 14.4 Å². The van der Waals surface area contributed by atoms with Crippen LogP contribution in [0.4, 0.5) is 0 Å². The van der Waals surface area contributed by atoms with Gasteiger partial charge in [-0.2, -0.15) is 0 Å². The van der Waals surface area contributed by atoms with E-state index in [1.54, 1.807) is 25.1 Å². The fourth-order valence-corrected chi connectivity index (χ4v) is 2.80. The molecule has 1 rings (SSSR count). The smallest absolute Gasteiger partial charge is 0.496 e. The Morgan fingerprint density at radius 2 is 1.78 bits per heavy atom. The first kappa shape index (κ1) is 19.6. The van der Waals surface area contributed by atoms with E-state index in [0.717, 1.165) is 12.8 Å². The van der Waals surface area contributed by atoms with Crippen molar-refractivity contribution >= 4 is 14.0 Å². The summed E-state index contributed by atoms with van der Waals surface area (Å²) in [5.74, 6) is 0.466. The van der Waals surface area contributed by atoms with Gasteiger partial charge in [0.1, 0.15) is 23.7 Å². The minimum absolute atomic E-state index is 0.252. The molecule has 0 aromatic heterocycles. The van der Waals surface area contributed by atoms with E-state index in [1.807, 2.05) is 6.92 Å². The summed E-state index contributed by atoms with van der Waals surface area (Å²) in [4.78, 5) is 12.9. The molecule has 0 aliphatic carbocycles. The van der Waals surface area contributed by atoms with Crippen LogP contribution in [-0.2, 0) is 13.6 Å². The molecule has 0 bridgehead atoms. The fraction of sp³-hybridized carbons (Fsp3) is 0.562. The number of benzene rings is 1. The summed E-state index contributed by atoms with van der Waals surface area (Å²) in [6, 6.07) is 5.08. The van der Waals surface area contributed by atoms with Crippen molar-refractivity contribution in [2.24, 2.45) is 0 Å². The highest BCUT2D eigenvalue weighted by molar-refractivity contribution is 7.33. The Kier molecular flexibility index (Phi) is 8.77. The molecule has 0 aliphatic heterocycles. The lowest BCUT2D eigenvalue weighted by Crippen LogP contribution is -2.23. The van der Waals surface area contributed by atoms with Crippen LogP contribution in [0, 0.1) is 0 Å². The Balaban J connectivity index is 3.10. The zero-order chi connectivity index (χ0) is 17.2. The summed E-state index contributed by atoms with van der Waals surface area (Å²) in [5.41, 5.74) is 0.290. The number of hydrogen-bond donors (Lipinski definition) is 0. The summed E-state index contributed by atoms with van der Waals surface area (Å²) >= 11 is 0. The molecule has 0 saturated heterocycles. The van der Waals surface area contributed by atoms with Gasteiger partial charge in [-0.3, -0.25) is 4.79 Å². The summed E-state index contributed by atoms with van der Waals surface area (Å²) < 4.78 is 32.5. The maximum atomic E-state index is 12.9. The maximum absolute atomic E-state index is 12.9. The van der Waals surface area contributed by atoms with Gasteiger partial charge >= 0.3 is 8.25 Å². The summed E-state index contributed by atoms with van der Waals surface area (Å²) in [7, 11) is 0.621. The molecule has 0 saturated carbocycles. The molecule has 6 nitrogen and oxygen atoms in total. The maximum Gasteiger partial charge on any atom is 0.698 e. The van der Waals surface area contributed by atoms with Gasteiger partial charge in [0.15, 0.2) is 6.10 Å². The largest absolute Gasteiger partial charge is 0.698 e. The quantitative estimate of drug-likeness (QED) is 0.444. The number of rotatable bonds is 11. The molecule has 0 spiro atoms. The van der Waals surface area contributed by atoms with Crippen LogP contribution in [0.5, 0.6) is 11.5 Å². The average Bonchev–Trinajstić information content (AvgIpc) is 2.57. The van der Waals surface area contributed by atoms with Crippen molar-refractivity contribution in [3.8, 4) is 11.5 Å². The summed E-state index contributed by atoms with van der Waals surface area (Å²) in [6.45, 7) is 3.97. The molecule has 0 aliphatic rings. The molecule has 0 heterocycles. The van der Waals surface area contributed by atoms with E-state index in [1.165, 1.54) is 14.2 Å². The first-order valence-electron chi connectivity index (χ1n) is 7.61. The second kappa shape index (κ2) is 10.3. The molecule has 2 atom stereocenters. The molecule has 0 amide bonds. The van der Waals surface area contributed by atoms with Gasteiger partial charge in [-0.25, -0.2) is 0 Å². The van der Waals surface area contributed by atoms with Crippen LogP contribution >= 0.6 is 8.25 Å². The van der Waals surface area contributed by atoms with Gasteiger partial charge in [-0.15, -0.1) is 9.05 Å². The number of hydrogen-bond acceptors (Lipinski definition) is 6. The Morgan fingerprint density at radius 3 is 2.26 bits per heavy atom. The highest BCUT2D eigenvalue weighted by Gasteiger charge is 2.35. The van der Waals surface area contributed by atoms with E-state index in [-0.39, 0.29) is 12.4 Å². The highest BCUT2D eigenvalue weighted by Crippen LogP contribution is 2.34. The first-order valence-corrected chi connectivity index (χ1v) is 8.70. The minimum Gasteiger partial charge on any atom is -0.496 e. The minimum atomic E-state index is -2.34. The number of unbranched alkanes of at least 4 members (excludes halogenated alkanes) is 1. The van der Waals surface area contributed by atoms with Crippen LogP contribution in [0.3, 0.4) is 0 Å². The Morgan fingerprint density at radius 1 is 1.17 bits per heavy atom. The van der Waals surface area contributed by atoms with Crippen LogP contribution in [0.2, 0.25) is 0 Å². The van der Waals surface area contributed by atoms with E-state index >= 15 is 0 Å². The number of methoxy groups -OCH3 is 2. The number of ether oxygens (including phenoxy) is 2. The van der Waals surface area contributed by atoms with Gasteiger partial charge in [0, 0.05) is 4.57 Å². The Bertz CT molecular complexity index is 509. The Labute approximate surface area is 138 Å². The zero-order valence-corrected chi connectivity index (χ0v) is 14.9. The number of carbonyl (C=O) groups excluding carboxylic acids is 1. The van der Waals surface area contributed by atoms with Crippen LogP contribution in [-0.4, -0.2) is 32.7 Å². The van der Waals surface area contributed by atoms with Crippen LogP contribution in [0.25, 0.3) is 0 Å². The van der Waals surface area contributed by atoms with E-state index in [0.29, 0.717) is 23.5 Å². The van der Waals surface area contributed by atoms with Gasteiger partial charge in [0.05, 0.1) is 14.2 Å². The van der Waals surface area contributed by atoms with Crippen LogP contribution < -0.4 is 9.47 Å². The molecule has 23 heavy (non-hydrogen) atoms. The molecule has 0 fully saturated rings. The predicted octanol–water partition coefficient (Wildman–Crippen LogP) is 4.16. The van der Waals surface area contributed by atoms with Crippen molar-refractivity contribution < 1.29 is 27.9 Å². The van der Waals surface area contributed by atoms with Gasteiger partial charge in [0.2, 0.25) is 5.78 Å². The number of Topliss-reactive ketones (excluding diaryl/α,β-unsaturated/α-hetero) is 1. The third kappa shape index (κ3) is 5.57. The van der Waals surface area contributed by atoms with Crippen molar-refractivity contribution in [2.75, 3.05) is 20.8 Å². The third-order valence-electron chi connectivity index (χ3n) is 3.23. The third-order valence-corrected chi connectivity index (χ3v) is 4.13. The fourth-order valence-electron chi connectivity index (χ4n) is 2.12. The lowest BCUT2D eigenvalue weighted by molar-refractivity contribution is 0.0743. The van der Waals surface area contributed by atoms with Crippen molar-refractivity contribution in [1.82, 2.24) is 0 Å². The standard InChI is InChI=1S/C16H24O6P/c1-5-7-9-14(22-23(18)21-6-2)16(17)15-12(19-3)10-8-11-13(15)20-4/h8,10-11,14H,5-7,9H2,1-4H3/q+1. The highest BCUT2D eigenvalue weighted by atomic mass is 31.1. The first-order chi connectivity index (χ1) is 11.1. The van der Waals surface area contributed by atoms with Crippen LogP contribution in [0.15, 0.2) is 18.2 Å². The van der Waals surface area contributed by atoms with Crippen molar-refractivity contribution in [3.63, 3.8) is 0 Å². The van der Waals surface area contributed by atoms with Crippen molar-refractivity contribution in [1.29, 1.82) is 0 Å². The van der Waals surface area contributed by atoms with Crippen LogP contribution in [0.1, 0.15) is 43.5 Å². The van der Waals surface area contributed by atoms with Gasteiger partial charge in [0.25, 0.3) is 0 Å². The molecule has 7 heteroatoms. The number of carbonyl (C=O) groups is 1. The molecule has 0 radical (unpaired) electrons. The lowest BCUT2D eigenvalue weighted by atomic mass is 10.00. The zero-order valence-electron chi connectivity index (χ0n) is 14.0. The number of ketones is 1. The average molecular weight is 343 g/mol. The predicted molar refractivity (Wildman–Crippen MR) is 87.5 cm³/mol. The molecular weight excluding hydrogens is 319 g/mol. The monoisotopic (exact) mass is 343 g/mol. The normalized spacial score (nSPS) is 12.6. The second-order valence-electron chi connectivity index (χ2n) is 4.78. The topological polar surface area (TPSA) is 71.1 Å². The summed E-state index contributed by atoms with van der Waals surface area (Å²) in [6.07, 6.45) is 1.24. The van der Waals surface area contributed by atoms with E-state index in [2.05, 4.69) is 0 Å². The molecule has 1 aromatic carbocycles. The second-order valence-corrected chi connectivity index (χ2v) is 5.70. The van der Waals surface area contributed by atoms with Gasteiger partial charge in [-0.1, -0.05) is 25.8 Å². The molecule has 128 valence electrons. The molecule has 0 N–H and O–H groups in total. The molecule has 1 aromatic rings. The lowest BCUT2D eigenvalue weighted by Gasteiger charge is -2.15. The Hall–Kier alpha value is -1.49.